The molecule has 2 atom stereocenters. The first kappa shape index (κ1) is 23.6. The van der Waals surface area contributed by atoms with Crippen LogP contribution in [-0.4, -0.2) is 28.8 Å². The number of fused-ring (bicyclic) bond motifs is 1. The number of aromatic carboxylic acids is 1. The summed E-state index contributed by atoms with van der Waals surface area (Å²) >= 11 is 7.12. The number of ether oxygens (including phenoxy) is 1. The summed E-state index contributed by atoms with van der Waals surface area (Å²) in [6.07, 6.45) is 2.20. The predicted octanol–water partition coefficient (Wildman–Crippen LogP) is 5.49. The average molecular weight is 480 g/mol. The van der Waals surface area contributed by atoms with Crippen molar-refractivity contribution in [3.63, 3.8) is 0 Å². The zero-order chi connectivity index (χ0) is 21.1. The van der Waals surface area contributed by atoms with Crippen LogP contribution in [0.2, 0.25) is 5.02 Å². The van der Waals surface area contributed by atoms with Gasteiger partial charge in [-0.05, 0) is 72.4 Å². The molecule has 0 amide bonds. The number of aliphatic hydroxyl groups excluding tert-OH is 1. The zero-order valence-electron chi connectivity index (χ0n) is 16.6. The van der Waals surface area contributed by atoms with Crippen molar-refractivity contribution in [2.24, 2.45) is 0 Å². The fourth-order valence-corrected chi connectivity index (χ4v) is 4.60. The van der Waals surface area contributed by atoms with E-state index in [1.165, 1.54) is 11.1 Å². The Kier molecular flexibility index (Phi) is 7.97. The van der Waals surface area contributed by atoms with E-state index in [2.05, 4.69) is 11.4 Å². The van der Waals surface area contributed by atoms with E-state index >= 15 is 0 Å². The molecule has 0 aliphatic heterocycles. The highest BCUT2D eigenvalue weighted by molar-refractivity contribution is 7.15. The first-order chi connectivity index (χ1) is 14.5. The van der Waals surface area contributed by atoms with Gasteiger partial charge in [-0.3, -0.25) is 0 Å². The van der Waals surface area contributed by atoms with Crippen molar-refractivity contribution in [3.8, 4) is 10.8 Å². The molecular formula is C23H23Cl2NO4S. The predicted molar refractivity (Wildman–Crippen MR) is 125 cm³/mol. The van der Waals surface area contributed by atoms with Gasteiger partial charge in [0.2, 0.25) is 0 Å². The SMILES string of the molecule is Cl.O=C(O)c1ccc(Oc2ccc3c(c2)C[C@@H](NC[C@H](O)c2cccc(Cl)c2)CC3)s1. The number of thiophene rings is 1. The van der Waals surface area contributed by atoms with Crippen LogP contribution in [0.4, 0.5) is 0 Å². The summed E-state index contributed by atoms with van der Waals surface area (Å²) in [6.45, 7) is 0.462. The summed E-state index contributed by atoms with van der Waals surface area (Å²) in [7, 11) is 0. The quantitative estimate of drug-likeness (QED) is 0.417. The molecule has 4 rings (SSSR count). The highest BCUT2D eigenvalue weighted by Crippen LogP contribution is 2.32. The number of hydrogen-bond acceptors (Lipinski definition) is 5. The van der Waals surface area contributed by atoms with Gasteiger partial charge in [0.05, 0.1) is 6.10 Å². The molecule has 0 fully saturated rings. The van der Waals surface area contributed by atoms with E-state index in [9.17, 15) is 9.90 Å². The van der Waals surface area contributed by atoms with Gasteiger partial charge in [-0.2, -0.15) is 0 Å². The normalized spacial score (nSPS) is 16.1. The smallest absolute Gasteiger partial charge is 0.345 e. The number of nitrogens with one attached hydrogen (secondary N) is 1. The summed E-state index contributed by atoms with van der Waals surface area (Å²) in [5, 5.41) is 24.1. The monoisotopic (exact) mass is 479 g/mol. The summed E-state index contributed by atoms with van der Waals surface area (Å²) in [5.41, 5.74) is 3.32. The zero-order valence-corrected chi connectivity index (χ0v) is 19.0. The van der Waals surface area contributed by atoms with Gasteiger partial charge in [-0.15, -0.1) is 12.4 Å². The molecule has 0 saturated carbocycles. The summed E-state index contributed by atoms with van der Waals surface area (Å²) in [6, 6.07) is 16.8. The van der Waals surface area contributed by atoms with Gasteiger partial charge in [0, 0.05) is 17.6 Å². The molecule has 1 heterocycles. The molecule has 1 aliphatic carbocycles. The molecule has 0 spiro atoms. The Bertz CT molecular complexity index is 1060. The highest BCUT2D eigenvalue weighted by atomic mass is 35.5. The van der Waals surface area contributed by atoms with Crippen LogP contribution < -0.4 is 10.1 Å². The maximum absolute atomic E-state index is 11.0. The third-order valence-corrected chi connectivity index (χ3v) is 6.44. The van der Waals surface area contributed by atoms with Crippen LogP contribution in [0.1, 0.15) is 38.9 Å². The van der Waals surface area contributed by atoms with Gasteiger partial charge in [-0.1, -0.05) is 41.1 Å². The first-order valence-electron chi connectivity index (χ1n) is 9.77. The Morgan fingerprint density at radius 2 is 2.03 bits per heavy atom. The minimum Gasteiger partial charge on any atom is -0.477 e. The van der Waals surface area contributed by atoms with Crippen molar-refractivity contribution in [2.45, 2.75) is 31.4 Å². The van der Waals surface area contributed by atoms with Crippen molar-refractivity contribution in [2.75, 3.05) is 6.54 Å². The number of aryl methyl sites for hydroxylation is 1. The molecule has 0 radical (unpaired) electrons. The molecule has 1 aliphatic rings. The Morgan fingerprint density at radius 3 is 2.77 bits per heavy atom. The van der Waals surface area contributed by atoms with Crippen LogP contribution in [0.15, 0.2) is 54.6 Å². The van der Waals surface area contributed by atoms with Crippen LogP contribution in [0.3, 0.4) is 0 Å². The largest absolute Gasteiger partial charge is 0.477 e. The Hall–Kier alpha value is -2.09. The average Bonchev–Trinajstić information content (AvgIpc) is 3.20. The second kappa shape index (κ2) is 10.5. The van der Waals surface area contributed by atoms with Gasteiger partial charge in [0.15, 0.2) is 5.06 Å². The molecule has 0 unspecified atom stereocenters. The lowest BCUT2D eigenvalue weighted by Crippen LogP contribution is -2.37. The number of benzene rings is 2. The van der Waals surface area contributed by atoms with Crippen molar-refractivity contribution in [1.82, 2.24) is 5.32 Å². The fraction of sp³-hybridized carbons (Fsp3) is 0.261. The van der Waals surface area contributed by atoms with Crippen LogP contribution in [-0.2, 0) is 12.8 Å². The minimum absolute atomic E-state index is 0. The topological polar surface area (TPSA) is 78.8 Å². The lowest BCUT2D eigenvalue weighted by Gasteiger charge is -2.27. The lowest BCUT2D eigenvalue weighted by atomic mass is 9.88. The minimum atomic E-state index is -0.950. The standard InChI is InChI=1S/C23H22ClNO4S.ClH/c24-17-3-1-2-15(10-17)20(26)13-25-18-6-4-14-5-7-19(12-16(14)11-18)29-22-9-8-21(30-22)23(27)28;/h1-3,5,7-10,12,18,20,25-26H,4,6,11,13H2,(H,27,28);1H/t18-,20-;/m0./s1. The van der Waals surface area contributed by atoms with Crippen molar-refractivity contribution in [3.05, 3.63) is 81.2 Å². The Balaban J connectivity index is 0.00000272. The van der Waals surface area contributed by atoms with E-state index in [1.807, 2.05) is 24.3 Å². The van der Waals surface area contributed by atoms with E-state index in [-0.39, 0.29) is 23.3 Å². The van der Waals surface area contributed by atoms with Gasteiger partial charge in [0.1, 0.15) is 10.6 Å². The number of rotatable bonds is 7. The molecule has 3 aromatic rings. The Labute approximate surface area is 196 Å². The molecular weight excluding hydrogens is 457 g/mol. The van der Waals surface area contributed by atoms with Crippen LogP contribution in [0.5, 0.6) is 10.8 Å². The summed E-state index contributed by atoms with van der Waals surface area (Å²) < 4.78 is 5.86. The molecule has 1 aromatic heterocycles. The second-order valence-electron chi connectivity index (χ2n) is 7.38. The highest BCUT2D eigenvalue weighted by Gasteiger charge is 2.20. The number of halogens is 2. The maximum atomic E-state index is 11.0. The molecule has 5 nitrogen and oxygen atoms in total. The van der Waals surface area contributed by atoms with E-state index in [1.54, 1.807) is 24.3 Å². The van der Waals surface area contributed by atoms with E-state index in [4.69, 9.17) is 21.4 Å². The molecule has 0 saturated heterocycles. The Morgan fingerprint density at radius 1 is 1.19 bits per heavy atom. The van der Waals surface area contributed by atoms with Crippen LogP contribution in [0, 0.1) is 0 Å². The molecule has 2 aromatic carbocycles. The van der Waals surface area contributed by atoms with Crippen LogP contribution >= 0.6 is 35.3 Å². The van der Waals surface area contributed by atoms with Gasteiger partial charge < -0.3 is 20.3 Å². The molecule has 3 N–H and O–H groups in total. The number of carbonyl (C=O) groups is 1. The number of aliphatic hydroxyl groups is 1. The number of carboxylic acids is 1. The summed E-state index contributed by atoms with van der Waals surface area (Å²) in [4.78, 5) is 11.3. The fourth-order valence-electron chi connectivity index (χ4n) is 3.69. The van der Waals surface area contributed by atoms with Crippen molar-refractivity contribution >= 4 is 41.3 Å². The first-order valence-corrected chi connectivity index (χ1v) is 11.0. The molecule has 164 valence electrons. The van der Waals surface area contributed by atoms with Crippen LogP contribution in [0.25, 0.3) is 0 Å². The molecule has 31 heavy (non-hydrogen) atoms. The van der Waals surface area contributed by atoms with E-state index < -0.39 is 12.1 Å². The van der Waals surface area contributed by atoms with Gasteiger partial charge >= 0.3 is 5.97 Å². The van der Waals surface area contributed by atoms with Crippen molar-refractivity contribution < 1.29 is 19.7 Å². The molecule has 0 bridgehead atoms. The van der Waals surface area contributed by atoms with Gasteiger partial charge in [0.25, 0.3) is 0 Å². The van der Waals surface area contributed by atoms with E-state index in [0.29, 0.717) is 22.4 Å². The second-order valence-corrected chi connectivity index (χ2v) is 8.86. The number of carboxylic acid groups (broad SMARTS) is 1. The molecule has 8 heteroatoms. The third-order valence-electron chi connectivity index (χ3n) is 5.25. The lowest BCUT2D eigenvalue weighted by molar-refractivity contribution is 0.0702. The van der Waals surface area contributed by atoms with Gasteiger partial charge in [-0.25, -0.2) is 4.79 Å². The maximum Gasteiger partial charge on any atom is 0.345 e. The third kappa shape index (κ3) is 5.99. The van der Waals surface area contributed by atoms with Crippen molar-refractivity contribution in [1.29, 1.82) is 0 Å². The summed E-state index contributed by atoms with van der Waals surface area (Å²) in [5.74, 6) is -0.249. The number of hydrogen-bond donors (Lipinski definition) is 3. The van der Waals surface area contributed by atoms with E-state index in [0.717, 1.165) is 36.2 Å².